The van der Waals surface area contributed by atoms with Crippen molar-refractivity contribution in [3.05, 3.63) is 12.2 Å². The number of likely N-dealkylation sites (N-methyl/N-ethyl adjacent to an activating group) is 1. The maximum atomic E-state index is 11.8. The summed E-state index contributed by atoms with van der Waals surface area (Å²) >= 11 is 0. The van der Waals surface area contributed by atoms with Crippen molar-refractivity contribution in [2.24, 2.45) is 0 Å². The molecule has 0 fully saturated rings. The largest absolute Gasteiger partial charge is 0.472 e. The lowest BCUT2D eigenvalue weighted by atomic mass is 10.1. The molecule has 8 nitrogen and oxygen atoms in total. The van der Waals surface area contributed by atoms with E-state index in [-0.39, 0.29) is 19.2 Å². The molecule has 0 spiro atoms. The van der Waals surface area contributed by atoms with Gasteiger partial charge in [0.1, 0.15) is 25.9 Å². The lowest BCUT2D eigenvalue weighted by Crippen LogP contribution is -2.37. The summed E-state index contributed by atoms with van der Waals surface area (Å²) in [6, 6.07) is 0. The predicted octanol–water partition coefficient (Wildman–Crippen LogP) is 6.16. The number of unbranched alkanes of at least 4 members (excludes halogenated alkanes) is 12. The van der Waals surface area contributed by atoms with Gasteiger partial charge in [0.05, 0.1) is 27.7 Å². The predicted molar refractivity (Wildman–Crippen MR) is 146 cm³/mol. The number of esters is 1. The first-order chi connectivity index (χ1) is 17.1. The summed E-state index contributed by atoms with van der Waals surface area (Å²) in [5.41, 5.74) is 0. The normalized spacial score (nSPS) is 14.7. The summed E-state index contributed by atoms with van der Waals surface area (Å²) in [6.45, 7) is 2.12. The van der Waals surface area contributed by atoms with Crippen LogP contribution in [-0.4, -0.2) is 74.1 Å². The number of hydrogen-bond donors (Lipinski definition) is 2. The molecule has 0 heterocycles. The first-order valence-electron chi connectivity index (χ1n) is 14.0. The fraction of sp³-hybridized carbons (Fsp3) is 0.889. The molecule has 0 saturated carbocycles. The van der Waals surface area contributed by atoms with E-state index in [1.54, 1.807) is 0 Å². The molecule has 0 aromatic heterocycles. The SMILES string of the molecule is CCCCCC/C=C\CCCCCCCCCCC(=O)OC[C@@H](O)COP(=O)(O)OCC[N+](C)(C)C. The fourth-order valence-corrected chi connectivity index (χ4v) is 4.22. The Morgan fingerprint density at radius 3 is 1.92 bits per heavy atom. The van der Waals surface area contributed by atoms with Gasteiger partial charge in [0, 0.05) is 6.42 Å². The Balaban J connectivity index is 3.55. The first-order valence-corrected chi connectivity index (χ1v) is 15.5. The average molecular weight is 537 g/mol. The topological polar surface area (TPSA) is 102 Å². The van der Waals surface area contributed by atoms with E-state index in [1.165, 1.54) is 70.6 Å². The van der Waals surface area contributed by atoms with Crippen LogP contribution in [-0.2, 0) is 23.1 Å². The highest BCUT2D eigenvalue weighted by molar-refractivity contribution is 7.47. The number of rotatable bonds is 25. The Kier molecular flexibility index (Phi) is 21.8. The van der Waals surface area contributed by atoms with Crippen LogP contribution in [0.1, 0.15) is 103 Å². The van der Waals surface area contributed by atoms with E-state index >= 15 is 0 Å². The Hall–Kier alpha value is -0.760. The van der Waals surface area contributed by atoms with Crippen molar-refractivity contribution < 1.29 is 37.6 Å². The number of phosphoric ester groups is 1. The number of aliphatic hydroxyl groups excluding tert-OH is 1. The second-order valence-electron chi connectivity index (χ2n) is 10.6. The van der Waals surface area contributed by atoms with Crippen molar-refractivity contribution >= 4 is 13.8 Å². The smallest absolute Gasteiger partial charge is 0.463 e. The van der Waals surface area contributed by atoms with Gasteiger partial charge >= 0.3 is 13.8 Å². The number of ether oxygens (including phenoxy) is 1. The highest BCUT2D eigenvalue weighted by atomic mass is 31.2. The molecule has 9 heteroatoms. The number of hydrogen-bond acceptors (Lipinski definition) is 6. The summed E-state index contributed by atoms with van der Waals surface area (Å²) in [5.74, 6) is -0.376. The minimum Gasteiger partial charge on any atom is -0.463 e. The van der Waals surface area contributed by atoms with Crippen LogP contribution in [0, 0.1) is 0 Å². The van der Waals surface area contributed by atoms with Crippen LogP contribution in [0.3, 0.4) is 0 Å². The first kappa shape index (κ1) is 35.2. The molecular weight excluding hydrogens is 481 g/mol. The van der Waals surface area contributed by atoms with Crippen LogP contribution in [0.5, 0.6) is 0 Å². The monoisotopic (exact) mass is 536 g/mol. The summed E-state index contributed by atoms with van der Waals surface area (Å²) in [6.07, 6.45) is 20.7. The lowest BCUT2D eigenvalue weighted by molar-refractivity contribution is -0.870. The van der Waals surface area contributed by atoms with Crippen molar-refractivity contribution in [3.63, 3.8) is 0 Å². The average Bonchev–Trinajstić information content (AvgIpc) is 2.80. The van der Waals surface area contributed by atoms with E-state index in [0.717, 1.165) is 19.3 Å². The molecule has 1 unspecified atom stereocenters. The Morgan fingerprint density at radius 2 is 1.36 bits per heavy atom. The number of nitrogens with zero attached hydrogens (tertiary/aromatic N) is 1. The van der Waals surface area contributed by atoms with Gasteiger partial charge in [-0.3, -0.25) is 13.8 Å². The lowest BCUT2D eigenvalue weighted by Gasteiger charge is -2.24. The molecule has 0 bridgehead atoms. The van der Waals surface area contributed by atoms with Gasteiger partial charge in [-0.05, 0) is 32.1 Å². The maximum Gasteiger partial charge on any atom is 0.472 e. The Labute approximate surface area is 220 Å². The van der Waals surface area contributed by atoms with Gasteiger partial charge in [-0.2, -0.15) is 0 Å². The zero-order valence-corrected chi connectivity index (χ0v) is 24.4. The molecule has 2 atom stereocenters. The van der Waals surface area contributed by atoms with Gasteiger partial charge in [-0.25, -0.2) is 4.57 Å². The van der Waals surface area contributed by atoms with Gasteiger partial charge in [0.25, 0.3) is 0 Å². The van der Waals surface area contributed by atoms with Crippen molar-refractivity contribution in [3.8, 4) is 0 Å². The summed E-state index contributed by atoms with van der Waals surface area (Å²) in [5, 5.41) is 9.83. The molecule has 0 aliphatic carbocycles. The van der Waals surface area contributed by atoms with E-state index < -0.39 is 20.5 Å². The van der Waals surface area contributed by atoms with Gasteiger partial charge < -0.3 is 19.2 Å². The molecule has 0 aliphatic heterocycles. The van der Waals surface area contributed by atoms with Crippen LogP contribution in [0.4, 0.5) is 0 Å². The Bertz CT molecular complexity index is 607. The summed E-state index contributed by atoms with van der Waals surface area (Å²) in [7, 11) is 1.56. The van der Waals surface area contributed by atoms with Crippen LogP contribution in [0.25, 0.3) is 0 Å². The number of carbonyl (C=O) groups is 1. The minimum atomic E-state index is -4.24. The molecule has 214 valence electrons. The fourth-order valence-electron chi connectivity index (χ4n) is 3.47. The molecule has 2 N–H and O–H groups in total. The minimum absolute atomic E-state index is 0.0548. The third-order valence-corrected chi connectivity index (χ3v) is 6.76. The van der Waals surface area contributed by atoms with Crippen LogP contribution >= 0.6 is 7.82 Å². The third-order valence-electron chi connectivity index (χ3n) is 5.78. The molecule has 0 aliphatic rings. The van der Waals surface area contributed by atoms with E-state index in [0.29, 0.717) is 17.4 Å². The zero-order valence-electron chi connectivity index (χ0n) is 23.5. The molecule has 36 heavy (non-hydrogen) atoms. The number of aliphatic hydroxyl groups is 1. The molecule has 0 saturated heterocycles. The second kappa shape index (κ2) is 22.2. The number of carbonyl (C=O) groups excluding carboxylic acids is 1. The summed E-state index contributed by atoms with van der Waals surface area (Å²) in [4.78, 5) is 21.5. The van der Waals surface area contributed by atoms with E-state index in [4.69, 9.17) is 13.8 Å². The highest BCUT2D eigenvalue weighted by Crippen LogP contribution is 2.43. The highest BCUT2D eigenvalue weighted by Gasteiger charge is 2.24. The third kappa shape index (κ3) is 26.3. The molecule has 0 aromatic rings. The van der Waals surface area contributed by atoms with Crippen molar-refractivity contribution in [1.29, 1.82) is 0 Å². The zero-order chi connectivity index (χ0) is 27.1. The molecule has 0 amide bonds. The summed E-state index contributed by atoms with van der Waals surface area (Å²) < 4.78 is 27.1. The van der Waals surface area contributed by atoms with E-state index in [2.05, 4.69) is 19.1 Å². The van der Waals surface area contributed by atoms with Crippen LogP contribution < -0.4 is 0 Å². The van der Waals surface area contributed by atoms with Gasteiger partial charge in [-0.15, -0.1) is 0 Å². The Morgan fingerprint density at radius 1 is 0.833 bits per heavy atom. The van der Waals surface area contributed by atoms with E-state index in [1.807, 2.05) is 21.1 Å². The maximum absolute atomic E-state index is 11.8. The second-order valence-corrected chi connectivity index (χ2v) is 12.1. The van der Waals surface area contributed by atoms with Crippen LogP contribution in [0.2, 0.25) is 0 Å². The van der Waals surface area contributed by atoms with Crippen molar-refractivity contribution in [2.75, 3.05) is 47.5 Å². The molecular formula is C27H55NO7P+. The number of allylic oxidation sites excluding steroid dienone is 2. The van der Waals surface area contributed by atoms with Gasteiger partial charge in [0.2, 0.25) is 0 Å². The molecule has 0 rings (SSSR count). The van der Waals surface area contributed by atoms with Crippen LogP contribution in [0.15, 0.2) is 12.2 Å². The van der Waals surface area contributed by atoms with Gasteiger partial charge in [-0.1, -0.05) is 76.9 Å². The van der Waals surface area contributed by atoms with Crippen molar-refractivity contribution in [1.82, 2.24) is 0 Å². The van der Waals surface area contributed by atoms with E-state index in [9.17, 15) is 19.4 Å². The molecule has 0 radical (unpaired) electrons. The quantitative estimate of drug-likeness (QED) is 0.0474. The standard InChI is InChI=1S/C27H54NO7P/c1-5-6-7-8-9-10-11-12-13-14-15-16-17-18-19-20-21-27(30)33-24-26(29)25-35-36(31,32)34-23-22-28(2,3)4/h10-11,26,29H,5-9,12-25H2,1-4H3/p+1/b11-10-/t26-/m1/s1. The number of phosphoric acid groups is 1. The molecule has 0 aromatic carbocycles. The van der Waals surface area contributed by atoms with Crippen molar-refractivity contribution in [2.45, 2.75) is 109 Å². The number of quaternary nitrogens is 1. The van der Waals surface area contributed by atoms with Gasteiger partial charge in [0.15, 0.2) is 0 Å².